The highest BCUT2D eigenvalue weighted by Crippen LogP contribution is 2.29. The average molecular weight is 208 g/mol. The smallest absolute Gasteiger partial charge is 0.172 e. The monoisotopic (exact) mass is 208 g/mol. The molecule has 2 heteroatoms. The minimum atomic E-state index is 0.340. The van der Waals surface area contributed by atoms with Crippen molar-refractivity contribution in [2.45, 2.75) is 38.5 Å². The molecule has 1 heterocycles. The summed E-state index contributed by atoms with van der Waals surface area (Å²) in [6.45, 7) is 0. The molecule has 1 aromatic heterocycles. The van der Waals surface area contributed by atoms with Gasteiger partial charge in [0.25, 0.3) is 0 Å². The summed E-state index contributed by atoms with van der Waals surface area (Å²) in [5, 5.41) is 1.98. The highest BCUT2D eigenvalue weighted by molar-refractivity contribution is 7.12. The summed E-state index contributed by atoms with van der Waals surface area (Å²) in [5.41, 5.74) is 0. The molecule has 0 radical (unpaired) electrons. The van der Waals surface area contributed by atoms with Gasteiger partial charge in [0.15, 0.2) is 5.78 Å². The fraction of sp³-hybridized carbons (Fsp3) is 0.583. The van der Waals surface area contributed by atoms with E-state index in [9.17, 15) is 4.79 Å². The van der Waals surface area contributed by atoms with Crippen LogP contribution in [0.25, 0.3) is 0 Å². The van der Waals surface area contributed by atoms with Crippen molar-refractivity contribution in [1.82, 2.24) is 0 Å². The summed E-state index contributed by atoms with van der Waals surface area (Å²) < 4.78 is 0. The minimum absolute atomic E-state index is 0.340. The van der Waals surface area contributed by atoms with Gasteiger partial charge in [-0.15, -0.1) is 11.3 Å². The molecular weight excluding hydrogens is 192 g/mol. The summed E-state index contributed by atoms with van der Waals surface area (Å²) in [4.78, 5) is 12.6. The van der Waals surface area contributed by atoms with E-state index in [2.05, 4.69) is 0 Å². The molecule has 1 nitrogen and oxygen atoms in total. The number of thiophene rings is 1. The molecule has 2 rings (SSSR count). The van der Waals surface area contributed by atoms with Gasteiger partial charge in [0.1, 0.15) is 0 Å². The Hall–Kier alpha value is -0.630. The molecule has 0 saturated heterocycles. The van der Waals surface area contributed by atoms with E-state index in [0.717, 1.165) is 23.6 Å². The Labute approximate surface area is 89.1 Å². The lowest BCUT2D eigenvalue weighted by atomic mass is 10.00. The van der Waals surface area contributed by atoms with Crippen LogP contribution in [0.15, 0.2) is 17.5 Å². The topological polar surface area (TPSA) is 17.1 Å². The number of carbonyl (C=O) groups excluding carboxylic acids is 1. The predicted octanol–water partition coefficient (Wildman–Crippen LogP) is 3.90. The van der Waals surface area contributed by atoms with Crippen LogP contribution in [0, 0.1) is 5.92 Å². The van der Waals surface area contributed by atoms with E-state index in [4.69, 9.17) is 0 Å². The minimum Gasteiger partial charge on any atom is -0.293 e. The van der Waals surface area contributed by atoms with Crippen molar-refractivity contribution < 1.29 is 4.79 Å². The zero-order valence-corrected chi connectivity index (χ0v) is 9.19. The van der Waals surface area contributed by atoms with Gasteiger partial charge < -0.3 is 0 Å². The second-order valence-electron chi connectivity index (χ2n) is 4.09. The molecule has 0 aliphatic heterocycles. The molecule has 0 N–H and O–H groups in total. The number of Topliss-reactive ketones (excluding diaryl/α,β-unsaturated/α-hetero) is 1. The van der Waals surface area contributed by atoms with Crippen LogP contribution in [0.4, 0.5) is 0 Å². The lowest BCUT2D eigenvalue weighted by Crippen LogP contribution is -2.00. The zero-order chi connectivity index (χ0) is 9.80. The molecule has 76 valence electrons. The van der Waals surface area contributed by atoms with Gasteiger partial charge in [-0.05, 0) is 23.8 Å². The largest absolute Gasteiger partial charge is 0.293 e. The Morgan fingerprint density at radius 2 is 2.21 bits per heavy atom. The molecule has 0 atom stereocenters. The quantitative estimate of drug-likeness (QED) is 0.686. The maximum atomic E-state index is 11.7. The summed E-state index contributed by atoms with van der Waals surface area (Å²) in [6.07, 6.45) is 7.30. The summed E-state index contributed by atoms with van der Waals surface area (Å²) in [5.74, 6) is 1.17. The Morgan fingerprint density at radius 1 is 1.43 bits per heavy atom. The molecule has 0 bridgehead atoms. The summed E-state index contributed by atoms with van der Waals surface area (Å²) in [6, 6.07) is 3.88. The third kappa shape index (κ3) is 2.44. The lowest BCUT2D eigenvalue weighted by Gasteiger charge is -2.06. The number of hydrogen-bond acceptors (Lipinski definition) is 2. The highest BCUT2D eigenvalue weighted by atomic mass is 32.1. The van der Waals surface area contributed by atoms with Crippen molar-refractivity contribution >= 4 is 17.1 Å². The van der Waals surface area contributed by atoms with Crippen LogP contribution >= 0.6 is 11.3 Å². The van der Waals surface area contributed by atoms with Crippen LogP contribution in [-0.4, -0.2) is 5.78 Å². The van der Waals surface area contributed by atoms with Gasteiger partial charge in [-0.25, -0.2) is 0 Å². The number of ketones is 1. The van der Waals surface area contributed by atoms with E-state index >= 15 is 0 Å². The van der Waals surface area contributed by atoms with Gasteiger partial charge >= 0.3 is 0 Å². The van der Waals surface area contributed by atoms with Gasteiger partial charge in [-0.2, -0.15) is 0 Å². The highest BCUT2D eigenvalue weighted by Gasteiger charge is 2.16. The van der Waals surface area contributed by atoms with Crippen LogP contribution < -0.4 is 0 Å². The molecule has 0 amide bonds. The van der Waals surface area contributed by atoms with Gasteiger partial charge in [0.2, 0.25) is 0 Å². The molecule has 1 aliphatic carbocycles. The number of rotatable bonds is 4. The summed E-state index contributed by atoms with van der Waals surface area (Å²) >= 11 is 1.56. The zero-order valence-electron chi connectivity index (χ0n) is 8.37. The van der Waals surface area contributed by atoms with Gasteiger partial charge in [-0.1, -0.05) is 31.7 Å². The second-order valence-corrected chi connectivity index (χ2v) is 5.04. The third-order valence-corrected chi connectivity index (χ3v) is 3.96. The molecule has 1 saturated carbocycles. The van der Waals surface area contributed by atoms with Crippen LogP contribution in [0.1, 0.15) is 48.2 Å². The normalized spacial score (nSPS) is 17.4. The van der Waals surface area contributed by atoms with Crippen molar-refractivity contribution in [3.8, 4) is 0 Å². The van der Waals surface area contributed by atoms with Crippen LogP contribution in [0.3, 0.4) is 0 Å². The fourth-order valence-corrected chi connectivity index (χ4v) is 2.89. The molecule has 0 unspecified atom stereocenters. The van der Waals surface area contributed by atoms with Crippen LogP contribution in [0.2, 0.25) is 0 Å². The fourth-order valence-electron chi connectivity index (χ4n) is 2.19. The Bertz CT molecular complexity index is 283. The molecule has 14 heavy (non-hydrogen) atoms. The first-order valence-electron chi connectivity index (χ1n) is 5.43. The van der Waals surface area contributed by atoms with E-state index < -0.39 is 0 Å². The van der Waals surface area contributed by atoms with Crippen molar-refractivity contribution in [3.63, 3.8) is 0 Å². The third-order valence-electron chi connectivity index (χ3n) is 3.05. The molecule has 1 fully saturated rings. The maximum absolute atomic E-state index is 11.7. The van der Waals surface area contributed by atoms with E-state index in [1.54, 1.807) is 11.3 Å². The molecular formula is C12H16OS. The molecule has 1 aliphatic rings. The van der Waals surface area contributed by atoms with E-state index in [-0.39, 0.29) is 0 Å². The van der Waals surface area contributed by atoms with Crippen LogP contribution in [0.5, 0.6) is 0 Å². The first-order chi connectivity index (χ1) is 6.86. The van der Waals surface area contributed by atoms with E-state index in [1.165, 1.54) is 25.7 Å². The number of hydrogen-bond donors (Lipinski definition) is 0. The maximum Gasteiger partial charge on any atom is 0.172 e. The average Bonchev–Trinajstić information content (AvgIpc) is 2.87. The Morgan fingerprint density at radius 3 is 2.86 bits per heavy atom. The first-order valence-corrected chi connectivity index (χ1v) is 6.31. The first kappa shape index (κ1) is 9.91. The van der Waals surface area contributed by atoms with Crippen molar-refractivity contribution in [1.29, 1.82) is 0 Å². The van der Waals surface area contributed by atoms with Crippen molar-refractivity contribution in [2.75, 3.05) is 0 Å². The number of carbonyl (C=O) groups is 1. The lowest BCUT2D eigenvalue weighted by molar-refractivity contribution is 0.0978. The van der Waals surface area contributed by atoms with Gasteiger partial charge in [0, 0.05) is 6.42 Å². The van der Waals surface area contributed by atoms with E-state index in [0.29, 0.717) is 5.78 Å². The van der Waals surface area contributed by atoms with Crippen molar-refractivity contribution in [2.24, 2.45) is 5.92 Å². The Kier molecular flexibility index (Phi) is 3.35. The van der Waals surface area contributed by atoms with Gasteiger partial charge in [-0.3, -0.25) is 4.79 Å². The standard InChI is InChI=1S/C12H16OS/c13-11(12-6-3-9-14-12)8-7-10-4-1-2-5-10/h3,6,9-10H,1-2,4-5,7-8H2. The molecule has 0 aromatic carbocycles. The molecule has 1 aromatic rings. The Balaban J connectivity index is 1.78. The molecule has 0 spiro atoms. The van der Waals surface area contributed by atoms with Crippen LogP contribution in [-0.2, 0) is 0 Å². The SMILES string of the molecule is O=C(CCC1CCCC1)c1cccs1. The summed E-state index contributed by atoms with van der Waals surface area (Å²) in [7, 11) is 0. The van der Waals surface area contributed by atoms with Crippen molar-refractivity contribution in [3.05, 3.63) is 22.4 Å². The second kappa shape index (κ2) is 4.74. The predicted molar refractivity (Wildman–Crippen MR) is 59.8 cm³/mol. The van der Waals surface area contributed by atoms with Gasteiger partial charge in [0.05, 0.1) is 4.88 Å². The van der Waals surface area contributed by atoms with E-state index in [1.807, 2.05) is 17.5 Å².